The van der Waals surface area contributed by atoms with Gasteiger partial charge in [-0.05, 0) is 25.1 Å². The van der Waals surface area contributed by atoms with E-state index in [1.807, 2.05) is 19.2 Å². The van der Waals surface area contributed by atoms with Crippen molar-refractivity contribution in [1.29, 1.82) is 0 Å². The van der Waals surface area contributed by atoms with E-state index in [-0.39, 0.29) is 0 Å². The molecule has 0 aliphatic carbocycles. The molecular weight excluding hydrogens is 268 g/mol. The molecule has 4 nitrogen and oxygen atoms in total. The first-order valence-electron chi connectivity index (χ1n) is 5.40. The van der Waals surface area contributed by atoms with Gasteiger partial charge in [0.15, 0.2) is 9.84 Å². The number of aromatic nitrogens is 1. The highest BCUT2D eigenvalue weighted by Gasteiger charge is 2.07. The molecule has 0 amide bonds. The molecule has 0 spiro atoms. The number of hydrogen-bond acceptors (Lipinski definition) is 5. The summed E-state index contributed by atoms with van der Waals surface area (Å²) in [7, 11) is -3.15. The largest absolute Gasteiger partial charge is 0.380 e. The van der Waals surface area contributed by atoms with E-state index >= 15 is 0 Å². The summed E-state index contributed by atoms with van der Waals surface area (Å²) in [5.74, 6) is 0. The van der Waals surface area contributed by atoms with Gasteiger partial charge >= 0.3 is 0 Å². The molecule has 1 aromatic heterocycles. The number of benzene rings is 1. The average Bonchev–Trinajstić information content (AvgIpc) is 2.72. The number of nitrogens with one attached hydrogen (secondary N) is 1. The maximum absolute atomic E-state index is 11.4. The molecule has 0 unspecified atom stereocenters. The minimum atomic E-state index is -3.15. The number of rotatable bonds is 4. The van der Waals surface area contributed by atoms with Gasteiger partial charge in [0.2, 0.25) is 0 Å². The Kier molecular flexibility index (Phi) is 3.68. The molecule has 0 saturated carbocycles. The molecule has 0 radical (unpaired) electrons. The van der Waals surface area contributed by atoms with Crippen LogP contribution < -0.4 is 5.32 Å². The Hall–Kier alpha value is -1.40. The third kappa shape index (κ3) is 3.30. The molecule has 1 heterocycles. The Morgan fingerprint density at radius 3 is 2.78 bits per heavy atom. The summed E-state index contributed by atoms with van der Waals surface area (Å²) in [5, 5.41) is 4.22. The molecular formula is C12H14N2O2S2. The van der Waals surface area contributed by atoms with E-state index < -0.39 is 9.84 Å². The van der Waals surface area contributed by atoms with Gasteiger partial charge in [-0.25, -0.2) is 13.4 Å². The lowest BCUT2D eigenvalue weighted by atomic mass is 10.3. The molecule has 0 atom stereocenters. The lowest BCUT2D eigenvalue weighted by Gasteiger charge is -2.06. The highest BCUT2D eigenvalue weighted by atomic mass is 32.2. The Morgan fingerprint density at radius 1 is 1.39 bits per heavy atom. The highest BCUT2D eigenvalue weighted by Crippen LogP contribution is 2.18. The highest BCUT2D eigenvalue weighted by molar-refractivity contribution is 7.90. The van der Waals surface area contributed by atoms with E-state index in [2.05, 4.69) is 10.3 Å². The Labute approximate surface area is 111 Å². The number of aryl methyl sites for hydroxylation is 1. The van der Waals surface area contributed by atoms with Crippen LogP contribution in [0.25, 0.3) is 0 Å². The fourth-order valence-electron chi connectivity index (χ4n) is 1.51. The number of thiazole rings is 1. The molecule has 0 bridgehead atoms. The monoisotopic (exact) mass is 282 g/mol. The van der Waals surface area contributed by atoms with Crippen LogP contribution in [-0.2, 0) is 16.4 Å². The van der Waals surface area contributed by atoms with Gasteiger partial charge in [-0.3, -0.25) is 0 Å². The summed E-state index contributed by atoms with van der Waals surface area (Å²) < 4.78 is 22.9. The molecule has 6 heteroatoms. The predicted molar refractivity (Wildman–Crippen MR) is 73.7 cm³/mol. The van der Waals surface area contributed by atoms with Crippen LogP contribution >= 0.6 is 11.3 Å². The second kappa shape index (κ2) is 5.07. The summed E-state index contributed by atoms with van der Waals surface area (Å²) >= 11 is 1.62. The molecule has 2 rings (SSSR count). The topological polar surface area (TPSA) is 59.1 Å². The number of hydrogen-bond donors (Lipinski definition) is 1. The summed E-state index contributed by atoms with van der Waals surface area (Å²) in [6.07, 6.45) is 3.03. The van der Waals surface area contributed by atoms with E-state index in [0.717, 1.165) is 15.6 Å². The zero-order valence-electron chi connectivity index (χ0n) is 10.2. The summed E-state index contributed by atoms with van der Waals surface area (Å²) in [5.41, 5.74) is 0.795. The van der Waals surface area contributed by atoms with Crippen molar-refractivity contribution >= 4 is 26.9 Å². The fraction of sp³-hybridized carbons (Fsp3) is 0.250. The first kappa shape index (κ1) is 13.0. The molecule has 96 valence electrons. The predicted octanol–water partition coefficient (Wildman–Crippen LogP) is 2.47. The van der Waals surface area contributed by atoms with Crippen molar-refractivity contribution in [2.45, 2.75) is 18.4 Å². The quantitative estimate of drug-likeness (QED) is 0.936. The number of nitrogens with zero attached hydrogens (tertiary/aromatic N) is 1. The van der Waals surface area contributed by atoms with Crippen LogP contribution in [0, 0.1) is 6.92 Å². The summed E-state index contributed by atoms with van der Waals surface area (Å²) in [6.45, 7) is 2.61. The minimum Gasteiger partial charge on any atom is -0.380 e. The first-order chi connectivity index (χ1) is 8.45. The van der Waals surface area contributed by atoms with Gasteiger partial charge in [-0.15, -0.1) is 11.3 Å². The van der Waals surface area contributed by atoms with Crippen molar-refractivity contribution in [3.05, 3.63) is 40.3 Å². The van der Waals surface area contributed by atoms with Crippen molar-refractivity contribution in [1.82, 2.24) is 4.98 Å². The van der Waals surface area contributed by atoms with Gasteiger partial charge in [-0.1, -0.05) is 6.07 Å². The lowest BCUT2D eigenvalue weighted by Crippen LogP contribution is -2.01. The third-order valence-electron chi connectivity index (χ3n) is 2.40. The number of anilines is 1. The molecule has 2 aromatic rings. The van der Waals surface area contributed by atoms with Crippen LogP contribution in [0.1, 0.15) is 9.88 Å². The Bertz CT molecular complexity index is 648. The van der Waals surface area contributed by atoms with Gasteiger partial charge in [0.25, 0.3) is 0 Å². The smallest absolute Gasteiger partial charge is 0.175 e. The van der Waals surface area contributed by atoms with Crippen LogP contribution in [0.3, 0.4) is 0 Å². The molecule has 1 N–H and O–H groups in total. The second-order valence-corrected chi connectivity index (χ2v) is 7.33. The van der Waals surface area contributed by atoms with Gasteiger partial charge in [-0.2, -0.15) is 0 Å². The molecule has 1 aromatic carbocycles. The van der Waals surface area contributed by atoms with Crippen molar-refractivity contribution < 1.29 is 8.42 Å². The van der Waals surface area contributed by atoms with Crippen molar-refractivity contribution in [2.24, 2.45) is 0 Å². The molecule has 18 heavy (non-hydrogen) atoms. The molecule has 0 fully saturated rings. The van der Waals surface area contributed by atoms with Gasteiger partial charge in [0.05, 0.1) is 16.4 Å². The van der Waals surface area contributed by atoms with E-state index in [0.29, 0.717) is 11.4 Å². The van der Waals surface area contributed by atoms with Gasteiger partial charge in [0, 0.05) is 23.0 Å². The van der Waals surface area contributed by atoms with Crippen LogP contribution in [-0.4, -0.2) is 19.7 Å². The average molecular weight is 282 g/mol. The van der Waals surface area contributed by atoms with Crippen LogP contribution in [0.15, 0.2) is 35.4 Å². The van der Waals surface area contributed by atoms with E-state index in [1.165, 1.54) is 6.26 Å². The summed E-state index contributed by atoms with van der Waals surface area (Å²) in [6, 6.07) is 6.82. The van der Waals surface area contributed by atoms with Crippen molar-refractivity contribution in [3.8, 4) is 0 Å². The van der Waals surface area contributed by atoms with Crippen LogP contribution in [0.4, 0.5) is 5.69 Å². The van der Waals surface area contributed by atoms with E-state index in [4.69, 9.17) is 0 Å². The van der Waals surface area contributed by atoms with Gasteiger partial charge in [0.1, 0.15) is 0 Å². The molecule has 0 aliphatic heterocycles. The minimum absolute atomic E-state index is 0.327. The van der Waals surface area contributed by atoms with E-state index in [9.17, 15) is 8.42 Å². The zero-order chi connectivity index (χ0) is 13.2. The van der Waals surface area contributed by atoms with Crippen LogP contribution in [0.5, 0.6) is 0 Å². The van der Waals surface area contributed by atoms with Crippen molar-refractivity contribution in [3.63, 3.8) is 0 Å². The number of sulfone groups is 1. The van der Waals surface area contributed by atoms with Gasteiger partial charge < -0.3 is 5.32 Å². The molecule has 0 aliphatic rings. The van der Waals surface area contributed by atoms with Crippen LogP contribution in [0.2, 0.25) is 0 Å². The maximum atomic E-state index is 11.4. The Morgan fingerprint density at radius 2 is 2.17 bits per heavy atom. The third-order valence-corrected chi connectivity index (χ3v) is 4.42. The summed E-state index contributed by atoms with van der Waals surface area (Å²) in [4.78, 5) is 5.62. The Balaban J connectivity index is 2.11. The fourth-order valence-corrected chi connectivity index (χ4v) is 2.91. The standard InChI is InChI=1S/C12H14N2O2S2/c1-9-13-7-11(17-9)8-14-10-4-3-5-12(6-10)18(2,15)16/h3-7,14H,8H2,1-2H3. The zero-order valence-corrected chi connectivity index (χ0v) is 11.8. The first-order valence-corrected chi connectivity index (χ1v) is 8.11. The lowest BCUT2D eigenvalue weighted by molar-refractivity contribution is 0.602. The van der Waals surface area contributed by atoms with E-state index in [1.54, 1.807) is 29.5 Å². The van der Waals surface area contributed by atoms with Crippen molar-refractivity contribution in [2.75, 3.05) is 11.6 Å². The molecule has 0 saturated heterocycles. The second-order valence-electron chi connectivity index (χ2n) is 4.00. The SMILES string of the molecule is Cc1ncc(CNc2cccc(S(C)(=O)=O)c2)s1. The normalized spacial score (nSPS) is 11.4. The maximum Gasteiger partial charge on any atom is 0.175 e.